The Balaban J connectivity index is 0.000000224. The zero-order valence-electron chi connectivity index (χ0n) is 10.4. The summed E-state index contributed by atoms with van der Waals surface area (Å²) in [6, 6.07) is 6.15. The van der Waals surface area contributed by atoms with E-state index in [1.54, 1.807) is 12.1 Å². The molecule has 0 radical (unpaired) electrons. The van der Waals surface area contributed by atoms with Gasteiger partial charge < -0.3 is 5.11 Å². The molecule has 0 aliphatic rings. The van der Waals surface area contributed by atoms with Crippen molar-refractivity contribution in [3.8, 4) is 5.75 Å². The van der Waals surface area contributed by atoms with Crippen LogP contribution >= 0.6 is 70.2 Å². The van der Waals surface area contributed by atoms with E-state index in [2.05, 4.69) is 22.4 Å². The zero-order chi connectivity index (χ0) is 16.9. The Hall–Kier alpha value is -0.580. The second-order valence-corrected chi connectivity index (χ2v) is 5.65. The molecule has 0 aromatic heterocycles. The van der Waals surface area contributed by atoms with Gasteiger partial charge in [0, 0.05) is 0 Å². The van der Waals surface area contributed by atoms with Crippen LogP contribution in [0.25, 0.3) is 0 Å². The van der Waals surface area contributed by atoms with Gasteiger partial charge in [0.1, 0.15) is 21.5 Å². The van der Waals surface area contributed by atoms with E-state index < -0.39 is 0 Å². The number of nitrogens with zero attached hydrogens (tertiary/aromatic N) is 1. The lowest BCUT2D eigenvalue weighted by Crippen LogP contribution is -1.78. The third kappa shape index (κ3) is 4.71. The first-order valence-electron chi connectivity index (χ1n) is 5.34. The van der Waals surface area contributed by atoms with E-state index >= 15 is 0 Å². The number of hydrogen-bond donors (Lipinski definition) is 1. The van der Waals surface area contributed by atoms with Gasteiger partial charge in [-0.15, -0.1) is 0 Å². The number of isothiocyanates is 1. The van der Waals surface area contributed by atoms with Crippen LogP contribution in [0.15, 0.2) is 29.3 Å². The molecule has 22 heavy (non-hydrogen) atoms. The Morgan fingerprint density at radius 2 is 1.36 bits per heavy atom. The Morgan fingerprint density at radius 3 is 1.82 bits per heavy atom. The number of phenols is 1. The van der Waals surface area contributed by atoms with Crippen LogP contribution in [0.4, 0.5) is 10.1 Å². The Labute approximate surface area is 156 Å². The van der Waals surface area contributed by atoms with E-state index in [0.29, 0.717) is 0 Å². The number of para-hydroxylation sites is 1. The predicted octanol–water partition coefficient (Wildman–Crippen LogP) is 7.22. The van der Waals surface area contributed by atoms with Crippen molar-refractivity contribution in [1.82, 2.24) is 0 Å². The van der Waals surface area contributed by atoms with Gasteiger partial charge in [-0.2, -0.15) is 4.99 Å². The van der Waals surface area contributed by atoms with E-state index in [0.717, 1.165) is 0 Å². The van der Waals surface area contributed by atoms with Crippen LogP contribution in [0.3, 0.4) is 0 Å². The molecule has 0 bridgehead atoms. The molecule has 0 aliphatic heterocycles. The van der Waals surface area contributed by atoms with Crippen LogP contribution in [0.1, 0.15) is 0 Å². The molecule has 0 saturated carbocycles. The number of hydrogen-bond acceptors (Lipinski definition) is 3. The number of phenolic OH excluding ortho intramolecular Hbond substituents is 1. The van der Waals surface area contributed by atoms with Crippen molar-refractivity contribution in [2.75, 3.05) is 0 Å². The lowest BCUT2D eigenvalue weighted by atomic mass is 10.3. The lowest BCUT2D eigenvalue weighted by Gasteiger charge is -2.06. The van der Waals surface area contributed by atoms with E-state index in [9.17, 15) is 9.50 Å². The summed E-state index contributed by atoms with van der Waals surface area (Å²) in [6.45, 7) is 0. The highest BCUT2D eigenvalue weighted by molar-refractivity contribution is 7.78. The minimum Gasteiger partial charge on any atom is -0.505 e. The van der Waals surface area contributed by atoms with E-state index in [4.69, 9.17) is 58.0 Å². The molecule has 2 aromatic carbocycles. The number of aliphatic imine (C=N–C) groups is 1. The average Bonchev–Trinajstić information content (AvgIpc) is 2.52. The smallest absolute Gasteiger partial charge is 0.155 e. The quantitative estimate of drug-likeness (QED) is 0.229. The maximum atomic E-state index is 12.6. The maximum Gasteiger partial charge on any atom is 0.155 e. The second-order valence-electron chi connectivity index (χ2n) is 3.57. The molecule has 1 N–H and O–H groups in total. The molecule has 0 fully saturated rings. The van der Waals surface area contributed by atoms with E-state index in [-0.39, 0.29) is 42.4 Å². The van der Waals surface area contributed by atoms with Gasteiger partial charge in [0.15, 0.2) is 5.75 Å². The van der Waals surface area contributed by atoms with Crippen molar-refractivity contribution in [2.24, 2.45) is 4.99 Å². The molecule has 0 heterocycles. The highest BCUT2D eigenvalue weighted by atomic mass is 35.5. The van der Waals surface area contributed by atoms with Gasteiger partial charge >= 0.3 is 0 Å². The van der Waals surface area contributed by atoms with Crippen molar-refractivity contribution < 1.29 is 9.50 Å². The maximum absolute atomic E-state index is 12.6. The molecule has 0 unspecified atom stereocenters. The van der Waals surface area contributed by atoms with Crippen molar-refractivity contribution in [1.29, 1.82) is 0 Å². The van der Waals surface area contributed by atoms with Crippen molar-refractivity contribution >= 4 is 81.1 Å². The van der Waals surface area contributed by atoms with Crippen LogP contribution in [-0.4, -0.2) is 10.3 Å². The minimum absolute atomic E-state index is 0.00904. The van der Waals surface area contributed by atoms with Gasteiger partial charge in [0.25, 0.3) is 0 Å². The summed E-state index contributed by atoms with van der Waals surface area (Å²) >= 11 is 32.2. The summed E-state index contributed by atoms with van der Waals surface area (Å²) in [4.78, 5) is 3.50. The normalized spacial score (nSPS) is 9.55. The predicted molar refractivity (Wildman–Crippen MR) is 94.2 cm³/mol. The second kappa shape index (κ2) is 8.90. The first-order chi connectivity index (χ1) is 10.3. The molecule has 116 valence electrons. The summed E-state index contributed by atoms with van der Waals surface area (Å²) in [5, 5.41) is 11.1. The summed E-state index contributed by atoms with van der Waals surface area (Å²) in [7, 11) is 0. The van der Waals surface area contributed by atoms with Gasteiger partial charge in [-0.05, 0) is 24.4 Å². The Morgan fingerprint density at radius 1 is 0.909 bits per heavy atom. The van der Waals surface area contributed by atoms with Gasteiger partial charge in [0.2, 0.25) is 0 Å². The van der Waals surface area contributed by atoms with Crippen LogP contribution < -0.4 is 0 Å². The number of halogens is 6. The fraction of sp³-hybridized carbons (Fsp3) is 0. The zero-order valence-corrected chi connectivity index (χ0v) is 15.0. The molecule has 0 aliphatic carbocycles. The number of rotatable bonds is 1. The SMILES string of the molecule is Fc1ccccc1N=C=S.Oc1c(Cl)c(Cl)c(Cl)c(Cl)c1Cl. The molecule has 0 amide bonds. The largest absolute Gasteiger partial charge is 0.505 e. The first-order valence-corrected chi connectivity index (χ1v) is 7.63. The summed E-state index contributed by atoms with van der Waals surface area (Å²) in [5.41, 5.74) is 0.234. The third-order valence-electron chi connectivity index (χ3n) is 2.21. The van der Waals surface area contributed by atoms with Gasteiger partial charge in [0.05, 0.1) is 20.2 Å². The standard InChI is InChI=1S/C7H4FNS.C6HCl5O/c8-6-3-1-2-4-7(6)9-5-10;7-1-2(8)4(10)6(12)5(11)3(1)9/h1-4H;12H. The molecule has 0 spiro atoms. The Bertz CT molecular complexity index is 644. The minimum atomic E-state index is -0.375. The number of aromatic hydroxyl groups is 1. The van der Waals surface area contributed by atoms with Gasteiger partial charge in [-0.3, -0.25) is 0 Å². The fourth-order valence-electron chi connectivity index (χ4n) is 1.18. The van der Waals surface area contributed by atoms with Crippen LogP contribution in [0.5, 0.6) is 5.75 Å². The topological polar surface area (TPSA) is 32.6 Å². The molecule has 0 atom stereocenters. The first kappa shape index (κ1) is 19.5. The summed E-state index contributed by atoms with van der Waals surface area (Å²) in [6.07, 6.45) is 0. The molecular weight excluding hydrogens is 414 g/mol. The summed E-state index contributed by atoms with van der Waals surface area (Å²) in [5.74, 6) is -0.738. The molecule has 2 aromatic rings. The third-order valence-corrected chi connectivity index (χ3v) is 4.55. The van der Waals surface area contributed by atoms with Gasteiger partial charge in [-0.1, -0.05) is 70.1 Å². The van der Waals surface area contributed by atoms with Crippen LogP contribution in [-0.2, 0) is 0 Å². The van der Waals surface area contributed by atoms with E-state index in [1.165, 1.54) is 12.1 Å². The molecule has 2 nitrogen and oxygen atoms in total. The average molecular weight is 420 g/mol. The van der Waals surface area contributed by atoms with Crippen LogP contribution in [0, 0.1) is 5.82 Å². The molecular formula is C13H5Cl5FNOS. The molecule has 9 heteroatoms. The fourth-order valence-corrected chi connectivity index (χ4v) is 2.41. The van der Waals surface area contributed by atoms with Crippen molar-refractivity contribution in [2.45, 2.75) is 0 Å². The van der Waals surface area contributed by atoms with Crippen molar-refractivity contribution in [3.63, 3.8) is 0 Å². The Kier molecular flexibility index (Phi) is 7.87. The highest BCUT2D eigenvalue weighted by Crippen LogP contribution is 2.47. The summed E-state index contributed by atoms with van der Waals surface area (Å²) < 4.78 is 12.6. The van der Waals surface area contributed by atoms with Crippen molar-refractivity contribution in [3.05, 3.63) is 55.2 Å². The number of benzene rings is 2. The monoisotopic (exact) mass is 417 g/mol. The highest BCUT2D eigenvalue weighted by Gasteiger charge is 2.18. The van der Waals surface area contributed by atoms with Crippen LogP contribution in [0.2, 0.25) is 25.1 Å². The number of thiocarbonyl (C=S) groups is 1. The lowest BCUT2D eigenvalue weighted by molar-refractivity contribution is 0.476. The molecule has 0 saturated heterocycles. The molecule has 2 rings (SSSR count). The van der Waals surface area contributed by atoms with E-state index in [1.807, 2.05) is 0 Å². The van der Waals surface area contributed by atoms with Gasteiger partial charge in [-0.25, -0.2) is 4.39 Å².